The summed E-state index contributed by atoms with van der Waals surface area (Å²) in [6, 6.07) is 0. The number of Topliss-reactive ketones (excluding diaryl/α,β-unsaturated/α-hetero) is 1. The summed E-state index contributed by atoms with van der Waals surface area (Å²) in [6.07, 6.45) is 6.47. The Kier molecular flexibility index (Phi) is 3.04. The van der Waals surface area contributed by atoms with Crippen molar-refractivity contribution in [1.82, 2.24) is 0 Å². The fourth-order valence-electron chi connectivity index (χ4n) is 8.69. The van der Waals surface area contributed by atoms with Gasteiger partial charge in [-0.3, -0.25) is 4.79 Å². The molecule has 28 heavy (non-hydrogen) atoms. The molecule has 0 heterocycles. The van der Waals surface area contributed by atoms with Gasteiger partial charge in [0.25, 0.3) is 0 Å². The lowest BCUT2D eigenvalue weighted by Gasteiger charge is -2.58. The molecule has 0 aliphatic heterocycles. The lowest BCUT2D eigenvalue weighted by Crippen LogP contribution is -2.56. The average Bonchev–Trinajstić information content (AvgIpc) is 3.53. The van der Waals surface area contributed by atoms with Crippen LogP contribution in [0.5, 0.6) is 0 Å². The fraction of sp³-hybridized carbons (Fsp3) is 0.750. The number of hydrogen-bond donors (Lipinski definition) is 2. The third-order valence-electron chi connectivity index (χ3n) is 10.0. The van der Waals surface area contributed by atoms with E-state index in [-0.39, 0.29) is 16.7 Å². The molecule has 5 saturated carbocycles. The Bertz CT molecular complexity index is 921. The zero-order valence-electron chi connectivity index (χ0n) is 16.6. The molecule has 9 atom stereocenters. The third kappa shape index (κ3) is 1.83. The standard InChI is InChI=1S/C24H28O4/c1-22-6-3-12(25)9-17(22)13-10-14(13)20-16(22)4-7-23(2)21(20)15-11-18(15)24(23,28)8-5-19(26)27/h14-16,18,20-21,28H,3-4,6-7,9-11H2,1-2H3,(H,26,27)/t14-,15+,16?,18-,20?,21?,22+,23-,24-/m0/s1. The Hall–Kier alpha value is -1.60. The molecular formula is C24H28O4. The van der Waals surface area contributed by atoms with E-state index < -0.39 is 11.6 Å². The number of aliphatic hydroxyl groups is 1. The number of carboxylic acids is 1. The van der Waals surface area contributed by atoms with Gasteiger partial charge < -0.3 is 10.2 Å². The molecule has 6 aliphatic rings. The second-order valence-electron chi connectivity index (χ2n) is 10.9. The van der Waals surface area contributed by atoms with E-state index in [2.05, 4.69) is 25.7 Å². The highest BCUT2D eigenvalue weighted by molar-refractivity contribution is 5.86. The molecule has 0 spiro atoms. The lowest BCUT2D eigenvalue weighted by atomic mass is 9.46. The van der Waals surface area contributed by atoms with E-state index in [4.69, 9.17) is 5.11 Å². The zero-order chi connectivity index (χ0) is 19.6. The van der Waals surface area contributed by atoms with Gasteiger partial charge in [0.1, 0.15) is 11.4 Å². The van der Waals surface area contributed by atoms with E-state index in [1.165, 1.54) is 5.57 Å². The number of rotatable bonds is 0. The Balaban J connectivity index is 1.44. The van der Waals surface area contributed by atoms with Crippen LogP contribution >= 0.6 is 0 Å². The lowest BCUT2D eigenvalue weighted by molar-refractivity contribution is -0.132. The van der Waals surface area contributed by atoms with Crippen LogP contribution in [-0.4, -0.2) is 27.6 Å². The van der Waals surface area contributed by atoms with Gasteiger partial charge in [-0.15, -0.1) is 0 Å². The first-order valence-electron chi connectivity index (χ1n) is 10.9. The molecule has 6 aliphatic carbocycles. The van der Waals surface area contributed by atoms with E-state index in [0.29, 0.717) is 48.2 Å². The van der Waals surface area contributed by atoms with E-state index in [9.17, 15) is 14.7 Å². The maximum Gasteiger partial charge on any atom is 0.382 e. The summed E-state index contributed by atoms with van der Waals surface area (Å²) < 4.78 is 0. The molecule has 0 aromatic rings. The van der Waals surface area contributed by atoms with Crippen molar-refractivity contribution >= 4 is 11.8 Å². The minimum absolute atomic E-state index is 0.140. The quantitative estimate of drug-likeness (QED) is 0.500. The largest absolute Gasteiger partial charge is 0.472 e. The first-order valence-corrected chi connectivity index (χ1v) is 10.9. The summed E-state index contributed by atoms with van der Waals surface area (Å²) in [4.78, 5) is 23.2. The minimum atomic E-state index is -1.16. The molecule has 5 fully saturated rings. The number of allylic oxidation sites excluding steroid dienone is 2. The third-order valence-corrected chi connectivity index (χ3v) is 10.0. The second-order valence-corrected chi connectivity index (χ2v) is 10.9. The molecule has 0 saturated heterocycles. The van der Waals surface area contributed by atoms with Crippen LogP contribution in [0.1, 0.15) is 58.8 Å². The number of fused-ring (bicyclic) bond motifs is 9. The van der Waals surface area contributed by atoms with Crippen molar-refractivity contribution in [3.63, 3.8) is 0 Å². The van der Waals surface area contributed by atoms with Crippen molar-refractivity contribution in [1.29, 1.82) is 0 Å². The van der Waals surface area contributed by atoms with Gasteiger partial charge in [-0.05, 0) is 67.1 Å². The number of carbonyl (C=O) groups excluding carboxylic acids is 1. The minimum Gasteiger partial charge on any atom is -0.472 e. The van der Waals surface area contributed by atoms with Gasteiger partial charge in [0, 0.05) is 30.1 Å². The molecule has 6 rings (SSSR count). The zero-order valence-corrected chi connectivity index (χ0v) is 16.6. The summed E-state index contributed by atoms with van der Waals surface area (Å²) in [5, 5.41) is 20.7. The van der Waals surface area contributed by atoms with Crippen LogP contribution in [0.15, 0.2) is 11.1 Å². The van der Waals surface area contributed by atoms with Crippen molar-refractivity contribution < 1.29 is 19.8 Å². The van der Waals surface area contributed by atoms with E-state index in [1.807, 2.05) is 0 Å². The van der Waals surface area contributed by atoms with E-state index in [1.54, 1.807) is 5.57 Å². The van der Waals surface area contributed by atoms with Crippen LogP contribution in [0, 0.1) is 58.2 Å². The SMILES string of the molecule is C[C@]12CCC(=O)CC1=C1C[C@@H]1C1C2CC[C@@]2(C)C1[C@@H]1C[C@@H]1[C@@]2(O)C#CC(=O)O. The molecule has 0 radical (unpaired) electrons. The number of aliphatic carboxylic acids is 1. The van der Waals surface area contributed by atoms with Crippen LogP contribution in [0.3, 0.4) is 0 Å². The topological polar surface area (TPSA) is 74.6 Å². The van der Waals surface area contributed by atoms with E-state index >= 15 is 0 Å². The maximum absolute atomic E-state index is 12.2. The smallest absolute Gasteiger partial charge is 0.382 e. The first kappa shape index (κ1) is 17.3. The van der Waals surface area contributed by atoms with Gasteiger partial charge in [0.05, 0.1) is 0 Å². The summed E-state index contributed by atoms with van der Waals surface area (Å²) >= 11 is 0. The molecule has 4 nitrogen and oxygen atoms in total. The van der Waals surface area contributed by atoms with Crippen molar-refractivity contribution in [3.8, 4) is 11.8 Å². The van der Waals surface area contributed by atoms with Gasteiger partial charge in [-0.2, -0.15) is 0 Å². The van der Waals surface area contributed by atoms with Crippen LogP contribution in [-0.2, 0) is 9.59 Å². The van der Waals surface area contributed by atoms with Crippen LogP contribution in [0.2, 0.25) is 0 Å². The Labute approximate surface area is 165 Å². The highest BCUT2D eigenvalue weighted by Crippen LogP contribution is 2.79. The van der Waals surface area contributed by atoms with Gasteiger partial charge in [-0.1, -0.05) is 30.9 Å². The van der Waals surface area contributed by atoms with Crippen molar-refractivity contribution in [2.75, 3.05) is 0 Å². The number of carboxylic acid groups (broad SMARTS) is 1. The molecule has 2 N–H and O–H groups in total. The first-order chi connectivity index (χ1) is 13.2. The second kappa shape index (κ2) is 4.93. The highest BCUT2D eigenvalue weighted by Gasteiger charge is 2.78. The molecule has 3 unspecified atom stereocenters. The van der Waals surface area contributed by atoms with Gasteiger partial charge in [0.15, 0.2) is 0 Å². The fourth-order valence-corrected chi connectivity index (χ4v) is 8.69. The van der Waals surface area contributed by atoms with E-state index in [0.717, 1.165) is 32.1 Å². The maximum atomic E-state index is 12.2. The van der Waals surface area contributed by atoms with Crippen LogP contribution in [0.4, 0.5) is 0 Å². The van der Waals surface area contributed by atoms with Gasteiger partial charge >= 0.3 is 5.97 Å². The molecule has 0 aromatic carbocycles. The van der Waals surface area contributed by atoms with Crippen LogP contribution < -0.4 is 0 Å². The molecule has 148 valence electrons. The van der Waals surface area contributed by atoms with Gasteiger partial charge in [-0.25, -0.2) is 4.79 Å². The molecule has 4 heteroatoms. The highest BCUT2D eigenvalue weighted by atomic mass is 16.4. The summed E-state index contributed by atoms with van der Waals surface area (Å²) in [5.74, 6) is 7.19. The predicted octanol–water partition coefficient (Wildman–Crippen LogP) is 3.19. The summed E-state index contributed by atoms with van der Waals surface area (Å²) in [7, 11) is 0. The van der Waals surface area contributed by atoms with Crippen molar-refractivity contribution in [3.05, 3.63) is 11.1 Å². The summed E-state index contributed by atoms with van der Waals surface area (Å²) in [6.45, 7) is 4.59. The number of hydrogen-bond acceptors (Lipinski definition) is 3. The normalized spacial score (nSPS) is 55.0. The molecule has 0 bridgehead atoms. The Morgan fingerprint density at radius 1 is 1.21 bits per heavy atom. The van der Waals surface area contributed by atoms with Crippen molar-refractivity contribution in [2.45, 2.75) is 64.4 Å². The van der Waals surface area contributed by atoms with Crippen LogP contribution in [0.25, 0.3) is 0 Å². The monoisotopic (exact) mass is 380 g/mol. The van der Waals surface area contributed by atoms with Gasteiger partial charge in [0.2, 0.25) is 0 Å². The van der Waals surface area contributed by atoms with Crippen molar-refractivity contribution in [2.24, 2.45) is 46.3 Å². The molecule has 0 aromatic heterocycles. The number of carbonyl (C=O) groups is 2. The predicted molar refractivity (Wildman–Crippen MR) is 102 cm³/mol. The summed E-state index contributed by atoms with van der Waals surface area (Å²) in [5.41, 5.74) is 1.72. The molecule has 0 amide bonds. The Morgan fingerprint density at radius 3 is 2.75 bits per heavy atom. The number of ketones is 1. The average molecular weight is 380 g/mol. The molecular weight excluding hydrogens is 352 g/mol. The Morgan fingerprint density at radius 2 is 2.00 bits per heavy atom.